The Bertz CT molecular complexity index is 281. The van der Waals surface area contributed by atoms with Gasteiger partial charge in [-0.2, -0.15) is 0 Å². The molecule has 0 aliphatic heterocycles. The van der Waals surface area contributed by atoms with Gasteiger partial charge in [0.05, 0.1) is 0 Å². The van der Waals surface area contributed by atoms with Crippen molar-refractivity contribution in [3.05, 3.63) is 29.8 Å². The Morgan fingerprint density at radius 2 is 2.08 bits per heavy atom. The van der Waals surface area contributed by atoms with Gasteiger partial charge in [0.1, 0.15) is 0 Å². The molecule has 0 saturated carbocycles. The van der Waals surface area contributed by atoms with Crippen LogP contribution in [0.2, 0.25) is 4.47 Å². The molecule has 0 atom stereocenters. The maximum atomic E-state index is 11.2. The molecule has 64 valence electrons. The molecule has 12 heavy (non-hydrogen) atoms. The molecule has 1 rings (SSSR count). The number of hydrogen-bond acceptors (Lipinski definition) is 1. The van der Waals surface area contributed by atoms with Crippen LogP contribution in [0.15, 0.2) is 24.3 Å². The van der Waals surface area contributed by atoms with E-state index >= 15 is 0 Å². The molecule has 0 heterocycles. The third-order valence-corrected chi connectivity index (χ3v) is 4.29. The van der Waals surface area contributed by atoms with E-state index in [4.69, 9.17) is 0 Å². The van der Waals surface area contributed by atoms with Gasteiger partial charge in [0.15, 0.2) is 0 Å². The van der Waals surface area contributed by atoms with Crippen molar-refractivity contribution in [2.24, 2.45) is 0 Å². The van der Waals surface area contributed by atoms with Crippen molar-refractivity contribution < 1.29 is 4.79 Å². The van der Waals surface area contributed by atoms with E-state index in [0.717, 1.165) is 5.56 Å². The summed E-state index contributed by atoms with van der Waals surface area (Å²) >= 11 is -0.117. The second-order valence-electron chi connectivity index (χ2n) is 2.49. The molecule has 0 amide bonds. The second kappa shape index (κ2) is 4.64. The van der Waals surface area contributed by atoms with E-state index in [1.165, 1.54) is 8.08 Å². The fourth-order valence-corrected chi connectivity index (χ4v) is 3.47. The monoisotopic (exact) mass is 278 g/mol. The Balaban J connectivity index is 3.00. The normalized spacial score (nSPS) is 9.83. The summed E-state index contributed by atoms with van der Waals surface area (Å²) in [6, 6.07) is 7.96. The van der Waals surface area contributed by atoms with Crippen molar-refractivity contribution in [2.45, 2.75) is 18.3 Å². The van der Waals surface area contributed by atoms with Gasteiger partial charge in [-0.25, -0.2) is 0 Å². The van der Waals surface area contributed by atoms with E-state index in [9.17, 15) is 4.79 Å². The number of Topliss-reactive ketones (excluding diaryl/α,β-unsaturated/α-hetero) is 1. The summed E-state index contributed by atoms with van der Waals surface area (Å²) in [5.74, 6) is 0.198. The third kappa shape index (κ3) is 2.33. The topological polar surface area (TPSA) is 17.1 Å². The van der Waals surface area contributed by atoms with Gasteiger partial charge in [0, 0.05) is 0 Å². The number of hydrogen-bond donors (Lipinski definition) is 0. The summed E-state index contributed by atoms with van der Waals surface area (Å²) in [6.45, 7) is 3.82. The molecule has 1 aromatic carbocycles. The SMILES string of the molecule is CC[Te]c1ccccc1C(C)=O. The molecule has 0 aromatic heterocycles. The van der Waals surface area contributed by atoms with Crippen LogP contribution in [0.5, 0.6) is 0 Å². The molecule has 1 aromatic rings. The van der Waals surface area contributed by atoms with E-state index in [1.807, 2.05) is 18.2 Å². The average molecular weight is 276 g/mol. The summed E-state index contributed by atoms with van der Waals surface area (Å²) in [7, 11) is 0. The van der Waals surface area contributed by atoms with Gasteiger partial charge < -0.3 is 0 Å². The first-order valence-electron chi connectivity index (χ1n) is 3.98. The van der Waals surface area contributed by atoms with E-state index < -0.39 is 0 Å². The fraction of sp³-hybridized carbons (Fsp3) is 0.300. The third-order valence-electron chi connectivity index (χ3n) is 1.57. The Labute approximate surface area is 83.3 Å². The van der Waals surface area contributed by atoms with Crippen LogP contribution in [0.4, 0.5) is 0 Å². The number of carbonyl (C=O) groups excluding carboxylic acids is 1. The molecule has 0 fully saturated rings. The number of ketones is 1. The van der Waals surface area contributed by atoms with Crippen molar-refractivity contribution in [3.63, 3.8) is 0 Å². The number of benzene rings is 1. The molecule has 0 radical (unpaired) electrons. The predicted octanol–water partition coefficient (Wildman–Crippen LogP) is 1.66. The van der Waals surface area contributed by atoms with Crippen LogP contribution in [0.1, 0.15) is 24.2 Å². The Hall–Kier alpha value is -0.320. The quantitative estimate of drug-likeness (QED) is 0.606. The van der Waals surface area contributed by atoms with Gasteiger partial charge >= 0.3 is 83.3 Å². The van der Waals surface area contributed by atoms with Gasteiger partial charge in [0.2, 0.25) is 0 Å². The molecule has 0 spiro atoms. The first kappa shape index (κ1) is 9.77. The maximum absolute atomic E-state index is 11.2. The molecular formula is C10H12OTe. The zero-order valence-corrected chi connectivity index (χ0v) is 9.66. The van der Waals surface area contributed by atoms with Gasteiger partial charge in [-0.15, -0.1) is 0 Å². The molecule has 0 unspecified atom stereocenters. The van der Waals surface area contributed by atoms with Crippen molar-refractivity contribution in [2.75, 3.05) is 0 Å². The minimum atomic E-state index is -0.117. The molecule has 0 aliphatic rings. The van der Waals surface area contributed by atoms with Crippen LogP contribution < -0.4 is 3.61 Å². The molecule has 0 saturated heterocycles. The van der Waals surface area contributed by atoms with E-state index in [0.29, 0.717) is 0 Å². The molecule has 2 heteroatoms. The van der Waals surface area contributed by atoms with Crippen molar-refractivity contribution in [3.8, 4) is 0 Å². The summed E-state index contributed by atoms with van der Waals surface area (Å²) in [5, 5.41) is 0. The van der Waals surface area contributed by atoms with Gasteiger partial charge in [-0.05, 0) is 0 Å². The molecule has 0 aliphatic carbocycles. The standard InChI is InChI=1S/C10H12OTe/c1-3-12-10-7-5-4-6-9(10)8(2)11/h4-7H,3H2,1-2H3. The summed E-state index contributed by atoms with van der Waals surface area (Å²) in [5.41, 5.74) is 0.932. The van der Waals surface area contributed by atoms with Crippen LogP contribution in [0.25, 0.3) is 0 Å². The molecule has 0 N–H and O–H groups in total. The number of carbonyl (C=O) groups is 1. The number of rotatable bonds is 3. The van der Waals surface area contributed by atoms with Crippen molar-refractivity contribution >= 4 is 30.3 Å². The Kier molecular flexibility index (Phi) is 3.78. The molecular weight excluding hydrogens is 264 g/mol. The van der Waals surface area contributed by atoms with Crippen LogP contribution >= 0.6 is 0 Å². The van der Waals surface area contributed by atoms with Crippen molar-refractivity contribution in [1.82, 2.24) is 0 Å². The van der Waals surface area contributed by atoms with Gasteiger partial charge in [0.25, 0.3) is 0 Å². The minimum absolute atomic E-state index is 0.117. The van der Waals surface area contributed by atoms with Gasteiger partial charge in [-0.3, -0.25) is 0 Å². The first-order valence-corrected chi connectivity index (χ1v) is 6.79. The van der Waals surface area contributed by atoms with Crippen molar-refractivity contribution in [1.29, 1.82) is 0 Å². The van der Waals surface area contributed by atoms with Crippen LogP contribution in [-0.4, -0.2) is 26.7 Å². The van der Waals surface area contributed by atoms with E-state index in [2.05, 4.69) is 13.0 Å². The molecule has 0 bridgehead atoms. The van der Waals surface area contributed by atoms with Crippen LogP contribution in [0.3, 0.4) is 0 Å². The first-order chi connectivity index (χ1) is 5.75. The molecule has 1 nitrogen and oxygen atoms in total. The summed E-state index contributed by atoms with van der Waals surface area (Å²) < 4.78 is 2.52. The zero-order chi connectivity index (χ0) is 8.97. The van der Waals surface area contributed by atoms with Crippen LogP contribution in [0, 0.1) is 0 Å². The second-order valence-corrected chi connectivity index (χ2v) is 6.21. The Morgan fingerprint density at radius 3 is 2.67 bits per heavy atom. The fourth-order valence-electron chi connectivity index (χ4n) is 1.04. The van der Waals surface area contributed by atoms with Crippen LogP contribution in [-0.2, 0) is 0 Å². The zero-order valence-electron chi connectivity index (χ0n) is 7.33. The van der Waals surface area contributed by atoms with Gasteiger partial charge in [-0.1, -0.05) is 0 Å². The van der Waals surface area contributed by atoms with E-state index in [1.54, 1.807) is 6.92 Å². The summed E-state index contributed by atoms with van der Waals surface area (Å²) in [4.78, 5) is 11.2. The summed E-state index contributed by atoms with van der Waals surface area (Å²) in [6.07, 6.45) is 0. The Morgan fingerprint density at radius 1 is 1.42 bits per heavy atom. The predicted molar refractivity (Wildman–Crippen MR) is 52.3 cm³/mol. The van der Waals surface area contributed by atoms with E-state index in [-0.39, 0.29) is 26.7 Å². The average Bonchev–Trinajstić information content (AvgIpc) is 2.05.